The molecule has 2 rings (SSSR count). The van der Waals surface area contributed by atoms with Crippen LogP contribution < -0.4 is 4.72 Å². The van der Waals surface area contributed by atoms with Gasteiger partial charge in [0.15, 0.2) is 0 Å². The van der Waals surface area contributed by atoms with Gasteiger partial charge in [-0.25, -0.2) is 17.9 Å². The number of hydrogen-bond donors (Lipinski definition) is 2. The number of sulfonamides is 1. The molecular weight excluding hydrogens is 290 g/mol. The van der Waals surface area contributed by atoms with Gasteiger partial charge in [0.05, 0.1) is 11.3 Å². The Morgan fingerprint density at radius 1 is 1.14 bits per heavy atom. The lowest BCUT2D eigenvalue weighted by Gasteiger charge is -2.08. The van der Waals surface area contributed by atoms with Gasteiger partial charge < -0.3 is 5.11 Å². The highest BCUT2D eigenvalue weighted by molar-refractivity contribution is 7.88. The van der Waals surface area contributed by atoms with Crippen molar-refractivity contribution in [2.24, 2.45) is 10.8 Å². The van der Waals surface area contributed by atoms with Crippen LogP contribution >= 0.6 is 0 Å². The molecule has 21 heavy (non-hydrogen) atoms. The summed E-state index contributed by atoms with van der Waals surface area (Å²) in [6.07, 6.45) is 0. The highest BCUT2D eigenvalue weighted by atomic mass is 32.2. The molecule has 0 unspecified atom stereocenters. The van der Waals surface area contributed by atoms with E-state index in [-0.39, 0.29) is 28.2 Å². The monoisotopic (exact) mass is 311 g/mol. The molecule has 0 bridgehead atoms. The van der Waals surface area contributed by atoms with Gasteiger partial charge in [0, 0.05) is 6.04 Å². The first-order chi connectivity index (χ1) is 9.47. The van der Waals surface area contributed by atoms with Crippen LogP contribution in [-0.2, 0) is 15.8 Å². The maximum atomic E-state index is 12.2. The second-order valence-electron chi connectivity index (χ2n) is 6.76. The van der Waals surface area contributed by atoms with Crippen molar-refractivity contribution in [3.8, 4) is 0 Å². The van der Waals surface area contributed by atoms with Gasteiger partial charge in [-0.05, 0) is 28.5 Å². The van der Waals surface area contributed by atoms with Gasteiger partial charge in [0.2, 0.25) is 10.0 Å². The molecule has 0 heterocycles. The lowest BCUT2D eigenvalue weighted by Crippen LogP contribution is -2.31. The summed E-state index contributed by atoms with van der Waals surface area (Å²) in [7, 11) is -3.44. The topological polar surface area (TPSA) is 83.5 Å². The summed E-state index contributed by atoms with van der Waals surface area (Å²) >= 11 is 0. The van der Waals surface area contributed by atoms with Gasteiger partial charge in [-0.1, -0.05) is 39.8 Å². The predicted molar refractivity (Wildman–Crippen MR) is 80.5 cm³/mol. The number of carbonyl (C=O) groups is 1. The van der Waals surface area contributed by atoms with Crippen LogP contribution in [0.5, 0.6) is 0 Å². The Bertz CT molecular complexity index is 645. The maximum Gasteiger partial charge on any atom is 0.335 e. The summed E-state index contributed by atoms with van der Waals surface area (Å²) in [5.41, 5.74) is 0.595. The quantitative estimate of drug-likeness (QED) is 0.873. The molecule has 1 aliphatic rings. The number of hydrogen-bond acceptors (Lipinski definition) is 3. The minimum absolute atomic E-state index is 0.0623. The molecule has 0 radical (unpaired) electrons. The fraction of sp³-hybridized carbons (Fsp3) is 0.533. The van der Waals surface area contributed by atoms with Crippen LogP contribution in [0, 0.1) is 10.8 Å². The number of benzene rings is 1. The van der Waals surface area contributed by atoms with Crippen molar-refractivity contribution in [2.75, 3.05) is 0 Å². The van der Waals surface area contributed by atoms with Crippen molar-refractivity contribution < 1.29 is 18.3 Å². The Labute approximate surface area is 125 Å². The molecule has 116 valence electrons. The zero-order chi connectivity index (χ0) is 16.1. The zero-order valence-corrected chi connectivity index (χ0v) is 13.5. The van der Waals surface area contributed by atoms with E-state index in [1.165, 1.54) is 24.3 Å². The molecule has 2 N–H and O–H groups in total. The minimum Gasteiger partial charge on any atom is -0.478 e. The smallest absolute Gasteiger partial charge is 0.335 e. The van der Waals surface area contributed by atoms with E-state index in [1.54, 1.807) is 0 Å². The second-order valence-corrected chi connectivity index (χ2v) is 8.51. The molecule has 1 fully saturated rings. The average Bonchev–Trinajstić information content (AvgIpc) is 2.71. The Morgan fingerprint density at radius 2 is 1.62 bits per heavy atom. The summed E-state index contributed by atoms with van der Waals surface area (Å²) in [5, 5.41) is 8.82. The highest BCUT2D eigenvalue weighted by Crippen LogP contribution is 2.62. The molecule has 0 aromatic heterocycles. The minimum atomic E-state index is -3.44. The normalized spacial score (nSPS) is 20.2. The first-order valence-corrected chi connectivity index (χ1v) is 8.45. The van der Waals surface area contributed by atoms with Gasteiger partial charge in [0.25, 0.3) is 0 Å². The van der Waals surface area contributed by atoms with Crippen LogP contribution in [0.15, 0.2) is 24.3 Å². The third-order valence-corrected chi connectivity index (χ3v) is 6.18. The van der Waals surface area contributed by atoms with E-state index in [1.807, 2.05) is 27.7 Å². The summed E-state index contributed by atoms with van der Waals surface area (Å²) in [5.74, 6) is -1.17. The lowest BCUT2D eigenvalue weighted by atomic mass is 10.0. The fourth-order valence-electron chi connectivity index (χ4n) is 2.68. The first kappa shape index (κ1) is 16.0. The SMILES string of the molecule is CC1(C)C(NS(=O)(=O)Cc2ccc(C(=O)O)cc2)C1(C)C. The molecule has 0 atom stereocenters. The molecule has 5 nitrogen and oxygen atoms in total. The Kier molecular flexibility index (Phi) is 3.66. The zero-order valence-electron chi connectivity index (χ0n) is 12.7. The molecule has 6 heteroatoms. The van der Waals surface area contributed by atoms with E-state index in [2.05, 4.69) is 4.72 Å². The van der Waals surface area contributed by atoms with Crippen molar-refractivity contribution in [3.05, 3.63) is 35.4 Å². The van der Waals surface area contributed by atoms with Crippen LogP contribution in [0.25, 0.3) is 0 Å². The molecule has 1 aromatic rings. The van der Waals surface area contributed by atoms with Crippen LogP contribution in [0.4, 0.5) is 0 Å². The summed E-state index contributed by atoms with van der Waals surface area (Å²) in [6, 6.07) is 5.82. The fourth-order valence-corrected chi connectivity index (χ4v) is 4.34. The van der Waals surface area contributed by atoms with Gasteiger partial charge in [-0.3, -0.25) is 0 Å². The van der Waals surface area contributed by atoms with Gasteiger partial charge in [0.1, 0.15) is 0 Å². The number of carboxylic acid groups (broad SMARTS) is 1. The molecule has 1 saturated carbocycles. The van der Waals surface area contributed by atoms with E-state index >= 15 is 0 Å². The molecule has 0 spiro atoms. The maximum absolute atomic E-state index is 12.2. The highest BCUT2D eigenvalue weighted by Gasteiger charge is 2.65. The summed E-state index contributed by atoms with van der Waals surface area (Å²) < 4.78 is 27.2. The molecule has 0 amide bonds. The Hall–Kier alpha value is -1.40. The van der Waals surface area contributed by atoms with Gasteiger partial charge in [-0.2, -0.15) is 0 Å². The number of aromatic carboxylic acids is 1. The standard InChI is InChI=1S/C15H21NO4S/c1-14(2)13(15(14,3)4)16-21(19,20)9-10-5-7-11(8-6-10)12(17)18/h5-8,13,16H,9H2,1-4H3,(H,17,18). The van der Waals surface area contributed by atoms with Crippen LogP contribution in [0.3, 0.4) is 0 Å². The molecule has 1 aliphatic carbocycles. The number of nitrogens with one attached hydrogen (secondary N) is 1. The third kappa shape index (κ3) is 2.96. The largest absolute Gasteiger partial charge is 0.478 e. The van der Waals surface area contributed by atoms with E-state index in [4.69, 9.17) is 5.11 Å². The van der Waals surface area contributed by atoms with Crippen LogP contribution in [0.2, 0.25) is 0 Å². The van der Waals surface area contributed by atoms with Crippen LogP contribution in [0.1, 0.15) is 43.6 Å². The Balaban J connectivity index is 2.07. The number of rotatable bonds is 5. The first-order valence-electron chi connectivity index (χ1n) is 6.79. The summed E-state index contributed by atoms with van der Waals surface area (Å²) in [6.45, 7) is 8.17. The van der Waals surface area contributed by atoms with E-state index in [0.29, 0.717) is 5.56 Å². The molecule has 0 aliphatic heterocycles. The Morgan fingerprint density at radius 3 is 2.00 bits per heavy atom. The average molecular weight is 311 g/mol. The summed E-state index contributed by atoms with van der Waals surface area (Å²) in [4.78, 5) is 10.8. The third-order valence-electron chi connectivity index (χ3n) is 4.88. The van der Waals surface area contributed by atoms with Crippen molar-refractivity contribution in [3.63, 3.8) is 0 Å². The molecular formula is C15H21NO4S. The van der Waals surface area contributed by atoms with Crippen molar-refractivity contribution in [1.29, 1.82) is 0 Å². The molecule has 0 saturated heterocycles. The van der Waals surface area contributed by atoms with Crippen molar-refractivity contribution in [1.82, 2.24) is 4.72 Å². The van der Waals surface area contributed by atoms with Crippen LogP contribution in [-0.4, -0.2) is 25.5 Å². The van der Waals surface area contributed by atoms with Crippen molar-refractivity contribution in [2.45, 2.75) is 39.5 Å². The van der Waals surface area contributed by atoms with E-state index < -0.39 is 16.0 Å². The molecule has 1 aromatic carbocycles. The van der Waals surface area contributed by atoms with E-state index in [0.717, 1.165) is 0 Å². The van der Waals surface area contributed by atoms with Gasteiger partial charge >= 0.3 is 5.97 Å². The number of carboxylic acids is 1. The predicted octanol–water partition coefficient (Wildman–Crippen LogP) is 2.24. The van der Waals surface area contributed by atoms with Crippen molar-refractivity contribution >= 4 is 16.0 Å². The van der Waals surface area contributed by atoms with Gasteiger partial charge in [-0.15, -0.1) is 0 Å². The van der Waals surface area contributed by atoms with E-state index in [9.17, 15) is 13.2 Å². The second kappa shape index (κ2) is 4.81. The lowest BCUT2D eigenvalue weighted by molar-refractivity contribution is 0.0697.